The van der Waals surface area contributed by atoms with Crippen LogP contribution in [0.3, 0.4) is 0 Å². The summed E-state index contributed by atoms with van der Waals surface area (Å²) in [6, 6.07) is 25.3. The molecule has 2 N–H and O–H groups in total. The number of anilines is 2. The Morgan fingerprint density at radius 2 is 1.64 bits per heavy atom. The van der Waals surface area contributed by atoms with E-state index in [1.165, 1.54) is 5.56 Å². The Hall–Kier alpha value is -4.39. The van der Waals surface area contributed by atoms with E-state index in [1.54, 1.807) is 9.58 Å². The number of aromatic nitrogens is 2. The summed E-state index contributed by atoms with van der Waals surface area (Å²) in [7, 11) is 0. The number of aryl methyl sites for hydroxylation is 3. The van der Waals surface area contributed by atoms with Crippen molar-refractivity contribution in [2.75, 3.05) is 23.7 Å². The van der Waals surface area contributed by atoms with Crippen LogP contribution in [0.1, 0.15) is 37.5 Å². The maximum Gasteiger partial charge on any atom is 0.322 e. The van der Waals surface area contributed by atoms with E-state index >= 15 is 0 Å². The van der Waals surface area contributed by atoms with Crippen molar-refractivity contribution in [1.82, 2.24) is 14.7 Å². The third-order valence-electron chi connectivity index (χ3n) is 6.45. The second kappa shape index (κ2) is 12.4. The molecule has 4 aromatic rings. The van der Waals surface area contributed by atoms with Gasteiger partial charge in [0.15, 0.2) is 0 Å². The van der Waals surface area contributed by atoms with Crippen LogP contribution in [0.2, 0.25) is 0 Å². The Morgan fingerprint density at radius 1 is 0.923 bits per heavy atom. The topological polar surface area (TPSA) is 79.3 Å². The highest BCUT2D eigenvalue weighted by atomic mass is 16.2. The van der Waals surface area contributed by atoms with Crippen LogP contribution in [-0.2, 0) is 11.2 Å². The van der Waals surface area contributed by atoms with Gasteiger partial charge in [0, 0.05) is 23.9 Å². The first kappa shape index (κ1) is 27.6. The number of rotatable bonds is 9. The van der Waals surface area contributed by atoms with Crippen molar-refractivity contribution in [3.05, 3.63) is 95.6 Å². The molecule has 7 nitrogen and oxygen atoms in total. The lowest BCUT2D eigenvalue weighted by Gasteiger charge is -2.24. The summed E-state index contributed by atoms with van der Waals surface area (Å²) >= 11 is 0. The van der Waals surface area contributed by atoms with Crippen LogP contribution in [0.15, 0.2) is 78.9 Å². The minimum Gasteiger partial charge on any atom is -0.315 e. The normalized spacial score (nSPS) is 10.9. The van der Waals surface area contributed by atoms with Crippen molar-refractivity contribution < 1.29 is 9.59 Å². The average molecular weight is 524 g/mol. The van der Waals surface area contributed by atoms with Gasteiger partial charge in [-0.3, -0.25) is 4.79 Å². The fourth-order valence-electron chi connectivity index (χ4n) is 4.49. The molecule has 0 unspecified atom stereocenters. The fraction of sp³-hybridized carbons (Fsp3) is 0.281. The minimum atomic E-state index is -0.309. The summed E-state index contributed by atoms with van der Waals surface area (Å²) in [5, 5.41) is 10.8. The summed E-state index contributed by atoms with van der Waals surface area (Å²) in [6.45, 7) is 10.6. The van der Waals surface area contributed by atoms with Crippen LogP contribution in [0.5, 0.6) is 0 Å². The molecule has 7 heteroatoms. The molecule has 3 aromatic carbocycles. The lowest BCUT2D eigenvalue weighted by atomic mass is 10.1. The predicted octanol–water partition coefficient (Wildman–Crippen LogP) is 6.85. The molecular weight excluding hydrogens is 486 g/mol. The van der Waals surface area contributed by atoms with Gasteiger partial charge in [-0.25, -0.2) is 9.48 Å². The molecule has 0 saturated heterocycles. The van der Waals surface area contributed by atoms with Gasteiger partial charge in [0.05, 0.1) is 11.4 Å². The van der Waals surface area contributed by atoms with E-state index in [0.717, 1.165) is 34.5 Å². The molecule has 0 radical (unpaired) electrons. The fourth-order valence-corrected chi connectivity index (χ4v) is 4.49. The first-order chi connectivity index (χ1) is 18.7. The first-order valence-corrected chi connectivity index (χ1v) is 13.4. The van der Waals surface area contributed by atoms with Crippen LogP contribution in [0.25, 0.3) is 16.9 Å². The number of benzene rings is 3. The van der Waals surface area contributed by atoms with E-state index in [-0.39, 0.29) is 24.4 Å². The largest absolute Gasteiger partial charge is 0.322 e. The number of carbonyl (C=O) groups excluding carboxylic acids is 2. The minimum absolute atomic E-state index is 0.0875. The number of carbonyl (C=O) groups is 2. The zero-order valence-corrected chi connectivity index (χ0v) is 23.4. The van der Waals surface area contributed by atoms with Gasteiger partial charge < -0.3 is 15.5 Å². The number of nitrogens with one attached hydrogen (secondary N) is 2. The molecule has 1 heterocycles. The summed E-state index contributed by atoms with van der Waals surface area (Å²) in [6.07, 6.45) is 0.929. The highest BCUT2D eigenvalue weighted by Crippen LogP contribution is 2.26. The van der Waals surface area contributed by atoms with Crippen molar-refractivity contribution >= 4 is 23.4 Å². The van der Waals surface area contributed by atoms with Crippen LogP contribution >= 0.6 is 0 Å². The predicted molar refractivity (Wildman–Crippen MR) is 158 cm³/mol. The van der Waals surface area contributed by atoms with Gasteiger partial charge in [-0.2, -0.15) is 5.10 Å². The summed E-state index contributed by atoms with van der Waals surface area (Å²) < 4.78 is 1.76. The molecule has 0 saturated carbocycles. The average Bonchev–Trinajstić information content (AvgIpc) is 3.32. The van der Waals surface area contributed by atoms with Gasteiger partial charge in [-0.1, -0.05) is 80.9 Å². The maximum absolute atomic E-state index is 13.3. The van der Waals surface area contributed by atoms with Crippen molar-refractivity contribution in [1.29, 1.82) is 0 Å². The van der Waals surface area contributed by atoms with E-state index in [1.807, 2.05) is 100 Å². The smallest absolute Gasteiger partial charge is 0.315 e. The van der Waals surface area contributed by atoms with Crippen LogP contribution in [0.4, 0.5) is 16.3 Å². The highest BCUT2D eigenvalue weighted by Gasteiger charge is 2.21. The van der Waals surface area contributed by atoms with Crippen molar-refractivity contribution in [3.8, 4) is 16.9 Å². The first-order valence-electron chi connectivity index (χ1n) is 13.4. The maximum atomic E-state index is 13.3. The lowest BCUT2D eigenvalue weighted by molar-refractivity contribution is -0.116. The third kappa shape index (κ3) is 7.13. The van der Waals surface area contributed by atoms with Gasteiger partial charge in [0.1, 0.15) is 12.4 Å². The molecule has 3 amide bonds. The van der Waals surface area contributed by atoms with Gasteiger partial charge >= 0.3 is 6.03 Å². The third-order valence-corrected chi connectivity index (χ3v) is 6.45. The molecule has 4 rings (SSSR count). The number of amides is 3. The molecule has 0 aliphatic rings. The monoisotopic (exact) mass is 523 g/mol. The zero-order chi connectivity index (χ0) is 27.9. The van der Waals surface area contributed by atoms with Crippen molar-refractivity contribution in [3.63, 3.8) is 0 Å². The zero-order valence-electron chi connectivity index (χ0n) is 23.4. The molecule has 1 aromatic heterocycles. The van der Waals surface area contributed by atoms with E-state index in [4.69, 9.17) is 5.10 Å². The molecule has 39 heavy (non-hydrogen) atoms. The summed E-state index contributed by atoms with van der Waals surface area (Å²) in [5.74, 6) is 0.444. The quantitative estimate of drug-likeness (QED) is 0.252. The second-order valence-corrected chi connectivity index (χ2v) is 10.3. The highest BCUT2D eigenvalue weighted by molar-refractivity contribution is 5.97. The van der Waals surface area contributed by atoms with E-state index in [2.05, 4.69) is 23.6 Å². The SMILES string of the molecule is CCc1ccc(NC(=O)N(CC(=O)Nc2cc(-c3ccccc3)nn2-c2ccc(C)cc2C)CC(C)C)cc1. The molecule has 202 valence electrons. The molecule has 0 aliphatic carbocycles. The van der Waals surface area contributed by atoms with Gasteiger partial charge in [0.25, 0.3) is 0 Å². The van der Waals surface area contributed by atoms with Crippen LogP contribution < -0.4 is 10.6 Å². The molecule has 0 bridgehead atoms. The Bertz CT molecular complexity index is 1420. The Kier molecular flexibility index (Phi) is 8.81. The van der Waals surface area contributed by atoms with Gasteiger partial charge in [-0.15, -0.1) is 0 Å². The van der Waals surface area contributed by atoms with E-state index < -0.39 is 0 Å². The summed E-state index contributed by atoms with van der Waals surface area (Å²) in [5.41, 5.74) is 6.67. The van der Waals surface area contributed by atoms with E-state index in [0.29, 0.717) is 18.1 Å². The number of urea groups is 1. The number of hydrogen-bond donors (Lipinski definition) is 2. The van der Waals surface area contributed by atoms with Crippen LogP contribution in [0, 0.1) is 19.8 Å². The van der Waals surface area contributed by atoms with Crippen LogP contribution in [-0.4, -0.2) is 39.7 Å². The lowest BCUT2D eigenvalue weighted by Crippen LogP contribution is -2.42. The van der Waals surface area contributed by atoms with Crippen molar-refractivity contribution in [2.24, 2.45) is 5.92 Å². The van der Waals surface area contributed by atoms with Gasteiger partial charge in [0.2, 0.25) is 5.91 Å². The van der Waals surface area contributed by atoms with Crippen molar-refractivity contribution in [2.45, 2.75) is 41.0 Å². The summed E-state index contributed by atoms with van der Waals surface area (Å²) in [4.78, 5) is 28.0. The van der Waals surface area contributed by atoms with Gasteiger partial charge in [-0.05, 0) is 55.5 Å². The molecule has 0 fully saturated rings. The van der Waals surface area contributed by atoms with E-state index in [9.17, 15) is 9.59 Å². The Balaban J connectivity index is 1.57. The molecule has 0 aliphatic heterocycles. The number of hydrogen-bond acceptors (Lipinski definition) is 3. The number of nitrogens with zero attached hydrogens (tertiary/aromatic N) is 3. The molecule has 0 spiro atoms. The molecule has 0 atom stereocenters. The molecular formula is C32H37N5O2. The Morgan fingerprint density at radius 3 is 2.28 bits per heavy atom. The Labute approximate surface area is 230 Å². The standard InChI is InChI=1S/C32H37N5O2/c1-6-25-13-15-27(16-14-25)33-32(39)36(20-22(2)3)21-31(38)34-30-19-28(26-10-8-7-9-11-26)35-37(30)29-17-12-23(4)18-24(29)5/h7-19,22H,6,20-21H2,1-5H3,(H,33,39)(H,34,38). The second-order valence-electron chi connectivity index (χ2n) is 10.3.